The topological polar surface area (TPSA) is 62.3 Å². The zero-order valence-corrected chi connectivity index (χ0v) is 15.2. The van der Waals surface area contributed by atoms with Crippen molar-refractivity contribution in [2.45, 2.75) is 20.3 Å². The summed E-state index contributed by atoms with van der Waals surface area (Å²) < 4.78 is 0. The molecule has 2 aromatic rings. The summed E-state index contributed by atoms with van der Waals surface area (Å²) in [7, 11) is 0. The minimum absolute atomic E-state index is 0.0948. The van der Waals surface area contributed by atoms with Crippen LogP contribution < -0.4 is 5.32 Å². The Morgan fingerprint density at radius 3 is 2.44 bits per heavy atom. The molecule has 25 heavy (non-hydrogen) atoms. The average Bonchev–Trinajstić information content (AvgIpc) is 2.64. The zero-order valence-electron chi connectivity index (χ0n) is 14.5. The van der Waals surface area contributed by atoms with Crippen molar-refractivity contribution in [1.82, 2.24) is 15.2 Å². The van der Waals surface area contributed by atoms with Crippen molar-refractivity contribution in [3.63, 3.8) is 0 Å². The van der Waals surface area contributed by atoms with Gasteiger partial charge in [-0.3, -0.25) is 14.6 Å². The van der Waals surface area contributed by atoms with Gasteiger partial charge in [-0.15, -0.1) is 0 Å². The number of hydrogen-bond acceptors (Lipinski definition) is 3. The largest absolute Gasteiger partial charge is 0.350 e. The molecular weight excluding hydrogens is 338 g/mol. The number of aromatic nitrogens is 1. The van der Waals surface area contributed by atoms with Crippen LogP contribution in [0.5, 0.6) is 0 Å². The second kappa shape index (κ2) is 9.18. The molecule has 2 amide bonds. The molecule has 0 radical (unpaired) electrons. The van der Waals surface area contributed by atoms with Crippen LogP contribution in [0.15, 0.2) is 42.6 Å². The van der Waals surface area contributed by atoms with Crippen molar-refractivity contribution in [3.05, 3.63) is 64.4 Å². The number of pyridine rings is 1. The van der Waals surface area contributed by atoms with Gasteiger partial charge >= 0.3 is 0 Å². The molecule has 0 unspecified atom stereocenters. The highest BCUT2D eigenvalue weighted by atomic mass is 35.5. The van der Waals surface area contributed by atoms with Crippen molar-refractivity contribution in [2.75, 3.05) is 19.6 Å². The molecular formula is C19H22ClN3O2. The quantitative estimate of drug-likeness (QED) is 0.825. The smallest absolute Gasteiger partial charge is 0.269 e. The Bertz CT molecular complexity index is 728. The van der Waals surface area contributed by atoms with Crippen LogP contribution in [-0.4, -0.2) is 41.3 Å². The molecule has 6 heteroatoms. The fourth-order valence-corrected chi connectivity index (χ4v) is 2.57. The SMILES string of the molecule is CCN(CC)C(=O)c1ccnc(C(=O)NCCc2ccc(Cl)cc2)c1. The lowest BCUT2D eigenvalue weighted by Crippen LogP contribution is -2.31. The number of benzene rings is 1. The Morgan fingerprint density at radius 2 is 1.80 bits per heavy atom. The maximum Gasteiger partial charge on any atom is 0.269 e. The van der Waals surface area contributed by atoms with Crippen LogP contribution in [0.3, 0.4) is 0 Å². The molecule has 1 N–H and O–H groups in total. The van der Waals surface area contributed by atoms with Gasteiger partial charge in [-0.2, -0.15) is 0 Å². The molecule has 0 bridgehead atoms. The Labute approximate surface area is 153 Å². The normalized spacial score (nSPS) is 10.4. The van der Waals surface area contributed by atoms with E-state index in [1.165, 1.54) is 12.3 Å². The third kappa shape index (κ3) is 5.29. The Hall–Kier alpha value is -2.40. The molecule has 2 rings (SSSR count). The first-order valence-electron chi connectivity index (χ1n) is 8.33. The standard InChI is InChI=1S/C19H22ClN3O2/c1-3-23(4-2)19(25)15-10-12-21-17(13-15)18(24)22-11-9-14-5-7-16(20)8-6-14/h5-8,10,12-13H,3-4,9,11H2,1-2H3,(H,22,24). The molecule has 0 spiro atoms. The second-order valence-electron chi connectivity index (χ2n) is 5.54. The lowest BCUT2D eigenvalue weighted by Gasteiger charge is -2.18. The lowest BCUT2D eigenvalue weighted by molar-refractivity contribution is 0.0773. The van der Waals surface area contributed by atoms with Gasteiger partial charge in [0.25, 0.3) is 11.8 Å². The summed E-state index contributed by atoms with van der Waals surface area (Å²) in [6, 6.07) is 10.7. The van der Waals surface area contributed by atoms with Crippen LogP contribution in [0, 0.1) is 0 Å². The minimum atomic E-state index is -0.289. The van der Waals surface area contributed by atoms with Crippen LogP contribution in [0.2, 0.25) is 5.02 Å². The molecule has 0 atom stereocenters. The number of carbonyl (C=O) groups excluding carboxylic acids is 2. The average molecular weight is 360 g/mol. The number of amides is 2. The van der Waals surface area contributed by atoms with Gasteiger partial charge in [0.05, 0.1) is 0 Å². The van der Waals surface area contributed by atoms with Crippen molar-refractivity contribution < 1.29 is 9.59 Å². The minimum Gasteiger partial charge on any atom is -0.350 e. The number of rotatable bonds is 7. The molecule has 0 aliphatic carbocycles. The van der Waals surface area contributed by atoms with E-state index in [0.717, 1.165) is 5.56 Å². The van der Waals surface area contributed by atoms with Gasteiger partial charge in [-0.25, -0.2) is 0 Å². The van der Waals surface area contributed by atoms with E-state index in [0.29, 0.717) is 36.6 Å². The fraction of sp³-hybridized carbons (Fsp3) is 0.316. The fourth-order valence-electron chi connectivity index (χ4n) is 2.44. The van der Waals surface area contributed by atoms with Gasteiger partial charge in [0, 0.05) is 36.4 Å². The number of nitrogens with zero attached hydrogens (tertiary/aromatic N) is 2. The Morgan fingerprint density at radius 1 is 1.12 bits per heavy atom. The zero-order chi connectivity index (χ0) is 18.2. The Kier molecular flexibility index (Phi) is 6.95. The number of hydrogen-bond donors (Lipinski definition) is 1. The highest BCUT2D eigenvalue weighted by Gasteiger charge is 2.15. The van der Waals surface area contributed by atoms with Gasteiger partial charge in [-0.1, -0.05) is 23.7 Å². The van der Waals surface area contributed by atoms with Gasteiger partial charge in [0.1, 0.15) is 5.69 Å². The molecule has 0 aliphatic heterocycles. The number of halogens is 1. The van der Waals surface area contributed by atoms with Crippen molar-refractivity contribution in [2.24, 2.45) is 0 Å². The van der Waals surface area contributed by atoms with E-state index in [1.807, 2.05) is 38.1 Å². The van der Waals surface area contributed by atoms with E-state index in [-0.39, 0.29) is 17.5 Å². The summed E-state index contributed by atoms with van der Waals surface area (Å²) in [6.07, 6.45) is 2.19. The van der Waals surface area contributed by atoms with E-state index < -0.39 is 0 Å². The molecule has 1 aromatic heterocycles. The van der Waals surface area contributed by atoms with E-state index in [2.05, 4.69) is 10.3 Å². The van der Waals surface area contributed by atoms with Crippen molar-refractivity contribution >= 4 is 23.4 Å². The van der Waals surface area contributed by atoms with Gasteiger partial charge < -0.3 is 10.2 Å². The van der Waals surface area contributed by atoms with Crippen LogP contribution in [-0.2, 0) is 6.42 Å². The highest BCUT2D eigenvalue weighted by Crippen LogP contribution is 2.10. The van der Waals surface area contributed by atoms with Gasteiger partial charge in [0.15, 0.2) is 0 Å². The monoisotopic (exact) mass is 359 g/mol. The molecule has 1 heterocycles. The first-order chi connectivity index (χ1) is 12.0. The number of carbonyl (C=O) groups is 2. The van der Waals surface area contributed by atoms with Crippen LogP contribution >= 0.6 is 11.6 Å². The summed E-state index contributed by atoms with van der Waals surface area (Å²) in [5.74, 6) is -0.384. The van der Waals surface area contributed by atoms with Crippen molar-refractivity contribution in [1.29, 1.82) is 0 Å². The molecule has 132 valence electrons. The highest BCUT2D eigenvalue weighted by molar-refractivity contribution is 6.30. The summed E-state index contributed by atoms with van der Waals surface area (Å²) in [6.45, 7) is 5.58. The van der Waals surface area contributed by atoms with Crippen LogP contribution in [0.4, 0.5) is 0 Å². The Balaban J connectivity index is 1.96. The van der Waals surface area contributed by atoms with Gasteiger partial charge in [-0.05, 0) is 50.1 Å². The first-order valence-corrected chi connectivity index (χ1v) is 8.71. The third-order valence-electron chi connectivity index (χ3n) is 3.90. The molecule has 0 saturated carbocycles. The van der Waals surface area contributed by atoms with E-state index >= 15 is 0 Å². The molecule has 0 aliphatic rings. The molecule has 1 aromatic carbocycles. The summed E-state index contributed by atoms with van der Waals surface area (Å²) >= 11 is 5.85. The maximum absolute atomic E-state index is 12.4. The predicted molar refractivity (Wildman–Crippen MR) is 99.0 cm³/mol. The van der Waals surface area contributed by atoms with Crippen molar-refractivity contribution in [3.8, 4) is 0 Å². The summed E-state index contributed by atoms with van der Waals surface area (Å²) in [5, 5.41) is 3.51. The predicted octanol–water partition coefficient (Wildman–Crippen LogP) is 3.19. The van der Waals surface area contributed by atoms with E-state index in [1.54, 1.807) is 11.0 Å². The van der Waals surface area contributed by atoms with Crippen LogP contribution in [0.1, 0.15) is 40.3 Å². The summed E-state index contributed by atoms with van der Waals surface area (Å²) in [4.78, 5) is 30.4. The van der Waals surface area contributed by atoms with Gasteiger partial charge in [0.2, 0.25) is 0 Å². The molecule has 5 nitrogen and oxygen atoms in total. The molecule has 0 saturated heterocycles. The third-order valence-corrected chi connectivity index (χ3v) is 4.15. The lowest BCUT2D eigenvalue weighted by atomic mass is 10.1. The molecule has 0 fully saturated rings. The number of nitrogens with one attached hydrogen (secondary N) is 1. The summed E-state index contributed by atoms with van der Waals surface area (Å²) in [5.41, 5.74) is 1.80. The van der Waals surface area contributed by atoms with E-state index in [9.17, 15) is 9.59 Å². The second-order valence-corrected chi connectivity index (χ2v) is 5.98. The maximum atomic E-state index is 12.4. The first kappa shape index (κ1) is 18.9. The van der Waals surface area contributed by atoms with Crippen LogP contribution in [0.25, 0.3) is 0 Å². The van der Waals surface area contributed by atoms with E-state index in [4.69, 9.17) is 11.6 Å².